The fourth-order valence-electron chi connectivity index (χ4n) is 3.64. The van der Waals surface area contributed by atoms with Gasteiger partial charge in [0.05, 0.1) is 6.61 Å². The second kappa shape index (κ2) is 9.66. The van der Waals surface area contributed by atoms with Crippen LogP contribution in [0, 0.1) is 12.7 Å². The minimum Gasteiger partial charge on any atom is -0.462 e. The molecule has 1 aromatic heterocycles. The smallest absolute Gasteiger partial charge is 0.229 e. The predicted octanol–water partition coefficient (Wildman–Crippen LogP) is 2.63. The van der Waals surface area contributed by atoms with Gasteiger partial charge >= 0.3 is 0 Å². The van der Waals surface area contributed by atoms with Gasteiger partial charge in [-0.25, -0.2) is 4.39 Å². The minimum atomic E-state index is -1.49. The Kier molecular flexibility index (Phi) is 6.90. The Bertz CT molecular complexity index is 1050. The van der Waals surface area contributed by atoms with Gasteiger partial charge in [0.15, 0.2) is 0 Å². The molecule has 0 radical (unpaired) electrons. The van der Waals surface area contributed by atoms with Crippen molar-refractivity contribution in [1.29, 1.82) is 0 Å². The van der Waals surface area contributed by atoms with E-state index in [4.69, 9.17) is 9.47 Å². The maximum atomic E-state index is 13.2. The summed E-state index contributed by atoms with van der Waals surface area (Å²) in [4.78, 5) is 2.17. The molecule has 5 atom stereocenters. The third-order valence-corrected chi connectivity index (χ3v) is 6.71. The van der Waals surface area contributed by atoms with Crippen molar-refractivity contribution in [2.24, 2.45) is 0 Å². The van der Waals surface area contributed by atoms with Crippen LogP contribution in [0.3, 0.4) is 0 Å². The van der Waals surface area contributed by atoms with Crippen molar-refractivity contribution in [2.45, 2.75) is 44.1 Å². The fraction of sp³-hybridized carbons (Fsp3) is 0.333. The van der Waals surface area contributed by atoms with Gasteiger partial charge in [-0.1, -0.05) is 18.2 Å². The Morgan fingerprint density at radius 1 is 0.969 bits per heavy atom. The molecule has 0 bridgehead atoms. The molecule has 0 saturated carbocycles. The van der Waals surface area contributed by atoms with Crippen molar-refractivity contribution in [3.05, 3.63) is 76.4 Å². The summed E-state index contributed by atoms with van der Waals surface area (Å²) in [6, 6.07) is 15.9. The largest absolute Gasteiger partial charge is 0.462 e. The maximum Gasteiger partial charge on any atom is 0.229 e. The number of ether oxygens (including phenoxy) is 2. The number of benzene rings is 2. The molecule has 0 spiro atoms. The fourth-order valence-corrected chi connectivity index (χ4v) is 4.68. The zero-order valence-electron chi connectivity index (χ0n) is 17.4. The quantitative estimate of drug-likeness (QED) is 0.451. The second-order valence-corrected chi connectivity index (χ2v) is 9.02. The summed E-state index contributed by atoms with van der Waals surface area (Å²) in [7, 11) is 0. The Labute approximate surface area is 189 Å². The predicted molar refractivity (Wildman–Crippen MR) is 118 cm³/mol. The van der Waals surface area contributed by atoms with Gasteiger partial charge in [0.25, 0.3) is 0 Å². The van der Waals surface area contributed by atoms with E-state index in [0.29, 0.717) is 12.2 Å². The molecular formula is C24H25FO6S. The van der Waals surface area contributed by atoms with Crippen LogP contribution in [-0.2, 0) is 11.2 Å². The number of aliphatic hydroxyl groups is 4. The summed E-state index contributed by atoms with van der Waals surface area (Å²) in [5, 5.41) is 39.4. The summed E-state index contributed by atoms with van der Waals surface area (Å²) in [5.74, 6) is 0.169. The number of thiophene rings is 1. The van der Waals surface area contributed by atoms with Crippen LogP contribution in [0.1, 0.15) is 16.0 Å². The number of aryl methyl sites for hydroxylation is 1. The molecule has 1 fully saturated rings. The first-order chi connectivity index (χ1) is 15.4. The standard InChI is InChI=1S/C24H25FO6S/c1-13-2-7-17(30-24-23(29)22(28)21(27)19(12-26)31-24)10-15(13)11-18-8-9-20(32-18)14-3-5-16(25)6-4-14/h2-10,19,21-24,26-29H,11-12H2,1H3/t19-,21-,22+,23-,24-/m1/s1. The first-order valence-corrected chi connectivity index (χ1v) is 11.1. The maximum absolute atomic E-state index is 13.2. The highest BCUT2D eigenvalue weighted by Gasteiger charge is 2.44. The number of halogens is 1. The summed E-state index contributed by atoms with van der Waals surface area (Å²) in [6.45, 7) is 1.47. The molecule has 4 rings (SSSR count). The van der Waals surface area contributed by atoms with Gasteiger partial charge < -0.3 is 29.9 Å². The van der Waals surface area contributed by atoms with Crippen LogP contribution >= 0.6 is 11.3 Å². The normalized spacial score (nSPS) is 25.6. The molecule has 4 N–H and O–H groups in total. The van der Waals surface area contributed by atoms with Crippen molar-refractivity contribution in [3.63, 3.8) is 0 Å². The lowest BCUT2D eigenvalue weighted by Gasteiger charge is -2.39. The zero-order chi connectivity index (χ0) is 22.8. The van der Waals surface area contributed by atoms with Crippen LogP contribution in [0.15, 0.2) is 54.6 Å². The first-order valence-electron chi connectivity index (χ1n) is 10.3. The van der Waals surface area contributed by atoms with E-state index in [0.717, 1.165) is 26.4 Å². The molecule has 170 valence electrons. The molecule has 3 aromatic rings. The number of hydrogen-bond acceptors (Lipinski definition) is 7. The molecule has 32 heavy (non-hydrogen) atoms. The van der Waals surface area contributed by atoms with Crippen molar-refractivity contribution in [3.8, 4) is 16.2 Å². The van der Waals surface area contributed by atoms with E-state index in [1.54, 1.807) is 29.5 Å². The van der Waals surface area contributed by atoms with E-state index in [9.17, 15) is 24.8 Å². The molecule has 0 aliphatic carbocycles. The molecular weight excluding hydrogens is 435 g/mol. The van der Waals surface area contributed by atoms with Crippen LogP contribution in [0.5, 0.6) is 5.75 Å². The average Bonchev–Trinajstić information content (AvgIpc) is 3.25. The molecule has 1 aliphatic rings. The van der Waals surface area contributed by atoms with E-state index < -0.39 is 37.3 Å². The highest BCUT2D eigenvalue weighted by atomic mass is 32.1. The van der Waals surface area contributed by atoms with Gasteiger partial charge in [0.2, 0.25) is 6.29 Å². The summed E-state index contributed by atoms with van der Waals surface area (Å²) < 4.78 is 24.4. The molecule has 8 heteroatoms. The molecule has 6 nitrogen and oxygen atoms in total. The van der Waals surface area contributed by atoms with Crippen LogP contribution in [0.25, 0.3) is 10.4 Å². The van der Waals surface area contributed by atoms with Crippen molar-refractivity contribution < 1.29 is 34.3 Å². The first kappa shape index (κ1) is 22.8. The monoisotopic (exact) mass is 460 g/mol. The Balaban J connectivity index is 1.49. The lowest BCUT2D eigenvalue weighted by Crippen LogP contribution is -2.60. The summed E-state index contributed by atoms with van der Waals surface area (Å²) in [6.07, 6.45) is -5.99. The third-order valence-electron chi connectivity index (χ3n) is 5.58. The number of rotatable bonds is 6. The third kappa shape index (κ3) is 4.85. The number of hydrogen-bond donors (Lipinski definition) is 4. The Morgan fingerprint density at radius 2 is 1.72 bits per heavy atom. The zero-order valence-corrected chi connectivity index (χ0v) is 18.2. The second-order valence-electron chi connectivity index (χ2n) is 7.85. The van der Waals surface area contributed by atoms with E-state index >= 15 is 0 Å². The van der Waals surface area contributed by atoms with Gasteiger partial charge in [-0.15, -0.1) is 11.3 Å². The van der Waals surface area contributed by atoms with Gasteiger partial charge in [-0.05, 0) is 60.0 Å². The van der Waals surface area contributed by atoms with Gasteiger partial charge in [-0.2, -0.15) is 0 Å². The Hall–Kier alpha value is -2.33. The Morgan fingerprint density at radius 3 is 2.44 bits per heavy atom. The van der Waals surface area contributed by atoms with Gasteiger partial charge in [-0.3, -0.25) is 0 Å². The summed E-state index contributed by atoms with van der Waals surface area (Å²) in [5.41, 5.74) is 3.03. The highest BCUT2D eigenvalue weighted by molar-refractivity contribution is 7.15. The van der Waals surface area contributed by atoms with Crippen LogP contribution in [0.2, 0.25) is 0 Å². The van der Waals surface area contributed by atoms with Crippen LogP contribution in [0.4, 0.5) is 4.39 Å². The molecule has 2 aromatic carbocycles. The highest BCUT2D eigenvalue weighted by Crippen LogP contribution is 2.31. The molecule has 1 saturated heterocycles. The van der Waals surface area contributed by atoms with E-state index in [2.05, 4.69) is 0 Å². The van der Waals surface area contributed by atoms with Crippen molar-refractivity contribution >= 4 is 11.3 Å². The summed E-state index contributed by atoms with van der Waals surface area (Å²) >= 11 is 1.62. The lowest BCUT2D eigenvalue weighted by atomic mass is 9.99. The van der Waals surface area contributed by atoms with Gasteiger partial charge in [0, 0.05) is 16.2 Å². The van der Waals surface area contributed by atoms with Gasteiger partial charge in [0.1, 0.15) is 36.0 Å². The van der Waals surface area contributed by atoms with E-state index in [1.807, 2.05) is 31.2 Å². The van der Waals surface area contributed by atoms with Crippen molar-refractivity contribution in [1.82, 2.24) is 0 Å². The topological polar surface area (TPSA) is 99.4 Å². The minimum absolute atomic E-state index is 0.266. The molecule has 1 aliphatic heterocycles. The van der Waals surface area contributed by atoms with E-state index in [1.165, 1.54) is 12.1 Å². The number of aliphatic hydroxyl groups excluding tert-OH is 4. The van der Waals surface area contributed by atoms with E-state index in [-0.39, 0.29) is 5.82 Å². The van der Waals surface area contributed by atoms with Crippen molar-refractivity contribution in [2.75, 3.05) is 6.61 Å². The molecule has 0 unspecified atom stereocenters. The molecule has 2 heterocycles. The average molecular weight is 461 g/mol. The van der Waals surface area contributed by atoms with Crippen LogP contribution < -0.4 is 4.74 Å². The lowest BCUT2D eigenvalue weighted by molar-refractivity contribution is -0.277. The van der Waals surface area contributed by atoms with Crippen LogP contribution in [-0.4, -0.2) is 57.7 Å². The SMILES string of the molecule is Cc1ccc(O[C@@H]2O[C@H](CO)[C@@H](O)[C@H](O)[C@H]2O)cc1Cc1ccc(-c2ccc(F)cc2)s1. The molecule has 0 amide bonds.